The number of halogens is 3. The number of rotatable bonds is 4. The summed E-state index contributed by atoms with van der Waals surface area (Å²) in [4.78, 5) is 10.9. The van der Waals surface area contributed by atoms with Crippen molar-refractivity contribution in [1.82, 2.24) is 9.97 Å². The van der Waals surface area contributed by atoms with Gasteiger partial charge in [0.1, 0.15) is 18.0 Å². The molecule has 0 bridgehead atoms. The van der Waals surface area contributed by atoms with Crippen molar-refractivity contribution in [3.8, 4) is 0 Å². The Morgan fingerprint density at radius 1 is 1.16 bits per heavy atom. The highest BCUT2D eigenvalue weighted by atomic mass is 19.4. The molecular weight excluding hydrogens is 329 g/mol. The predicted molar refractivity (Wildman–Crippen MR) is 92.0 cm³/mol. The molecule has 1 unspecified atom stereocenters. The van der Waals surface area contributed by atoms with Gasteiger partial charge < -0.3 is 10.2 Å². The van der Waals surface area contributed by atoms with Gasteiger partial charge in [0.2, 0.25) is 0 Å². The molecule has 0 amide bonds. The van der Waals surface area contributed by atoms with Gasteiger partial charge in [-0.15, -0.1) is 0 Å². The van der Waals surface area contributed by atoms with Crippen LogP contribution in [-0.2, 0) is 6.18 Å². The maximum atomic E-state index is 12.6. The van der Waals surface area contributed by atoms with Crippen molar-refractivity contribution >= 4 is 17.3 Å². The molecule has 1 aromatic heterocycles. The average Bonchev–Trinajstić information content (AvgIpc) is 2.61. The number of hydrogen-bond acceptors (Lipinski definition) is 4. The molecule has 1 saturated heterocycles. The zero-order valence-electron chi connectivity index (χ0n) is 14.1. The summed E-state index contributed by atoms with van der Waals surface area (Å²) in [5, 5.41) is 3.05. The van der Waals surface area contributed by atoms with E-state index in [0.29, 0.717) is 17.5 Å². The second kappa shape index (κ2) is 7.29. The molecule has 0 radical (unpaired) electrons. The van der Waals surface area contributed by atoms with Crippen molar-refractivity contribution in [3.63, 3.8) is 0 Å². The molecule has 1 fully saturated rings. The predicted octanol–water partition coefficient (Wildman–Crippen LogP) is 5.01. The molecule has 134 valence electrons. The maximum Gasteiger partial charge on any atom is 0.416 e. The number of piperidine rings is 1. The van der Waals surface area contributed by atoms with E-state index < -0.39 is 11.7 Å². The number of hydrogen-bond donors (Lipinski definition) is 1. The van der Waals surface area contributed by atoms with Gasteiger partial charge >= 0.3 is 6.18 Å². The van der Waals surface area contributed by atoms with Gasteiger partial charge in [0.15, 0.2) is 0 Å². The molecule has 2 aromatic rings. The number of benzene rings is 1. The summed E-state index contributed by atoms with van der Waals surface area (Å²) < 4.78 is 37.9. The topological polar surface area (TPSA) is 41.0 Å². The quantitative estimate of drug-likeness (QED) is 0.842. The van der Waals surface area contributed by atoms with E-state index in [0.717, 1.165) is 43.8 Å². The minimum atomic E-state index is -4.33. The van der Waals surface area contributed by atoms with Crippen LogP contribution in [0.4, 0.5) is 30.5 Å². The molecule has 3 rings (SSSR count). The molecule has 1 aromatic carbocycles. The zero-order chi connectivity index (χ0) is 17.9. The van der Waals surface area contributed by atoms with Gasteiger partial charge in [-0.25, -0.2) is 9.97 Å². The van der Waals surface area contributed by atoms with Crippen molar-refractivity contribution in [2.45, 2.75) is 44.8 Å². The van der Waals surface area contributed by atoms with Crippen molar-refractivity contribution in [2.75, 3.05) is 16.8 Å². The van der Waals surface area contributed by atoms with Crippen LogP contribution >= 0.6 is 0 Å². The lowest BCUT2D eigenvalue weighted by molar-refractivity contribution is -0.137. The van der Waals surface area contributed by atoms with Gasteiger partial charge in [-0.1, -0.05) is 6.92 Å². The van der Waals surface area contributed by atoms with Crippen LogP contribution in [0.15, 0.2) is 36.7 Å². The Morgan fingerprint density at radius 2 is 1.92 bits per heavy atom. The number of aromatic nitrogens is 2. The normalized spacial score (nSPS) is 18.2. The summed E-state index contributed by atoms with van der Waals surface area (Å²) in [6.07, 6.45) is 1.75. The van der Waals surface area contributed by atoms with Crippen LogP contribution in [0.5, 0.6) is 0 Å². The van der Waals surface area contributed by atoms with E-state index in [1.54, 1.807) is 0 Å². The second-order valence-electron chi connectivity index (χ2n) is 6.21. The van der Waals surface area contributed by atoms with Crippen LogP contribution in [-0.4, -0.2) is 22.6 Å². The van der Waals surface area contributed by atoms with Gasteiger partial charge in [0.05, 0.1) is 5.56 Å². The molecule has 7 heteroatoms. The summed E-state index contributed by atoms with van der Waals surface area (Å²) >= 11 is 0. The van der Waals surface area contributed by atoms with E-state index in [9.17, 15) is 13.2 Å². The fourth-order valence-electron chi connectivity index (χ4n) is 3.19. The number of nitrogens with zero attached hydrogens (tertiary/aromatic N) is 3. The Labute approximate surface area is 145 Å². The minimum Gasteiger partial charge on any atom is -0.353 e. The first-order valence-corrected chi connectivity index (χ1v) is 8.50. The Bertz CT molecular complexity index is 700. The van der Waals surface area contributed by atoms with Gasteiger partial charge in [0, 0.05) is 24.3 Å². The highest BCUT2D eigenvalue weighted by molar-refractivity contribution is 5.60. The molecule has 25 heavy (non-hydrogen) atoms. The third-order valence-corrected chi connectivity index (χ3v) is 4.53. The van der Waals surface area contributed by atoms with Crippen molar-refractivity contribution in [3.05, 3.63) is 42.2 Å². The molecule has 0 aliphatic carbocycles. The van der Waals surface area contributed by atoms with E-state index in [1.165, 1.54) is 24.9 Å². The Balaban J connectivity index is 1.75. The van der Waals surface area contributed by atoms with Crippen molar-refractivity contribution in [2.24, 2.45) is 0 Å². The highest BCUT2D eigenvalue weighted by Gasteiger charge is 2.30. The van der Waals surface area contributed by atoms with Crippen molar-refractivity contribution < 1.29 is 13.2 Å². The summed E-state index contributed by atoms with van der Waals surface area (Å²) in [6.45, 7) is 3.14. The number of anilines is 3. The summed E-state index contributed by atoms with van der Waals surface area (Å²) in [6, 6.07) is 7.25. The number of nitrogens with one attached hydrogen (secondary N) is 1. The Kier molecular flexibility index (Phi) is 5.11. The lowest BCUT2D eigenvalue weighted by atomic mass is 10.0. The first-order valence-electron chi connectivity index (χ1n) is 8.50. The molecule has 2 heterocycles. The van der Waals surface area contributed by atoms with Gasteiger partial charge in [-0.2, -0.15) is 13.2 Å². The second-order valence-corrected chi connectivity index (χ2v) is 6.21. The smallest absolute Gasteiger partial charge is 0.353 e. The summed E-state index contributed by atoms with van der Waals surface area (Å²) in [5.74, 6) is 1.43. The third-order valence-electron chi connectivity index (χ3n) is 4.53. The van der Waals surface area contributed by atoms with E-state index in [2.05, 4.69) is 27.1 Å². The fraction of sp³-hybridized carbons (Fsp3) is 0.444. The van der Waals surface area contributed by atoms with Crippen LogP contribution in [0.3, 0.4) is 0 Å². The summed E-state index contributed by atoms with van der Waals surface area (Å²) in [5.41, 5.74) is -0.108. The Morgan fingerprint density at radius 3 is 2.60 bits per heavy atom. The van der Waals surface area contributed by atoms with E-state index in [-0.39, 0.29) is 0 Å². The van der Waals surface area contributed by atoms with Crippen molar-refractivity contribution in [1.29, 1.82) is 0 Å². The van der Waals surface area contributed by atoms with E-state index >= 15 is 0 Å². The first kappa shape index (κ1) is 17.5. The molecule has 4 nitrogen and oxygen atoms in total. The monoisotopic (exact) mass is 350 g/mol. The Hall–Kier alpha value is -2.31. The largest absolute Gasteiger partial charge is 0.416 e. The average molecular weight is 350 g/mol. The van der Waals surface area contributed by atoms with Gasteiger partial charge in [-0.3, -0.25) is 0 Å². The standard InChI is InChI=1S/C18H21F3N4/c1-2-15-5-3-4-10-25(15)17-11-16(22-12-23-17)24-14-8-6-13(7-9-14)18(19,20)21/h6-9,11-12,15H,2-5,10H2,1H3,(H,22,23,24). The number of alkyl halides is 3. The molecule has 0 spiro atoms. The molecule has 1 aliphatic rings. The fourth-order valence-corrected chi connectivity index (χ4v) is 3.19. The molecular formula is C18H21F3N4. The highest BCUT2D eigenvalue weighted by Crippen LogP contribution is 2.31. The van der Waals surface area contributed by atoms with Gasteiger partial charge in [0.25, 0.3) is 0 Å². The summed E-state index contributed by atoms with van der Waals surface area (Å²) in [7, 11) is 0. The van der Waals surface area contributed by atoms with Crippen LogP contribution in [0.1, 0.15) is 38.2 Å². The van der Waals surface area contributed by atoms with Crippen LogP contribution < -0.4 is 10.2 Å². The van der Waals surface area contributed by atoms with E-state index in [1.807, 2.05) is 6.07 Å². The molecule has 1 aliphatic heterocycles. The molecule has 1 N–H and O–H groups in total. The van der Waals surface area contributed by atoms with E-state index in [4.69, 9.17) is 0 Å². The maximum absolute atomic E-state index is 12.6. The third kappa shape index (κ3) is 4.21. The van der Waals surface area contributed by atoms with Crippen LogP contribution in [0, 0.1) is 0 Å². The molecule has 0 saturated carbocycles. The first-order chi connectivity index (χ1) is 12.0. The van der Waals surface area contributed by atoms with Gasteiger partial charge in [-0.05, 0) is 49.9 Å². The zero-order valence-corrected chi connectivity index (χ0v) is 14.1. The molecule has 1 atom stereocenters. The van der Waals surface area contributed by atoms with Crippen LogP contribution in [0.2, 0.25) is 0 Å². The lowest BCUT2D eigenvalue weighted by Gasteiger charge is -2.36. The minimum absolute atomic E-state index is 0.475. The SMILES string of the molecule is CCC1CCCCN1c1cc(Nc2ccc(C(F)(F)F)cc2)ncn1. The lowest BCUT2D eigenvalue weighted by Crippen LogP contribution is -2.39. The van der Waals surface area contributed by atoms with Crippen LogP contribution in [0.25, 0.3) is 0 Å².